The van der Waals surface area contributed by atoms with E-state index in [2.05, 4.69) is 10.6 Å². The molecule has 0 radical (unpaired) electrons. The highest BCUT2D eigenvalue weighted by Gasteiger charge is 2.30. The predicted molar refractivity (Wildman–Crippen MR) is 101 cm³/mol. The first-order chi connectivity index (χ1) is 13.2. The molecule has 0 aliphatic heterocycles. The number of alkyl halides is 3. The van der Waals surface area contributed by atoms with Gasteiger partial charge in [0.05, 0.1) is 16.8 Å². The first-order valence-electron chi connectivity index (χ1n) is 8.50. The highest BCUT2D eigenvalue weighted by Crippen LogP contribution is 2.32. The molecule has 3 rings (SSSR count). The molecule has 4 nitrogen and oxygen atoms in total. The third kappa shape index (κ3) is 5.13. The van der Waals surface area contributed by atoms with E-state index < -0.39 is 17.6 Å². The lowest BCUT2D eigenvalue weighted by Gasteiger charge is -2.10. The summed E-state index contributed by atoms with van der Waals surface area (Å²) in [6.45, 7) is 0. The molecule has 2 aromatic carbocycles. The van der Waals surface area contributed by atoms with Gasteiger partial charge in [-0.3, -0.25) is 9.59 Å². The number of para-hydroxylation sites is 1. The van der Waals surface area contributed by atoms with Crippen molar-refractivity contribution in [1.29, 1.82) is 0 Å². The Labute approximate surface area is 164 Å². The van der Waals surface area contributed by atoms with Crippen molar-refractivity contribution in [1.82, 2.24) is 5.32 Å². The molecule has 0 aromatic heterocycles. The number of benzene rings is 2. The van der Waals surface area contributed by atoms with Gasteiger partial charge in [-0.2, -0.15) is 13.2 Å². The van der Waals surface area contributed by atoms with E-state index in [0.29, 0.717) is 11.3 Å². The zero-order valence-electron chi connectivity index (χ0n) is 14.5. The number of carbonyl (C=O) groups excluding carboxylic acids is 2. The molecule has 0 spiro atoms. The summed E-state index contributed by atoms with van der Waals surface area (Å²) in [5.74, 6) is -0.886. The van der Waals surface area contributed by atoms with E-state index >= 15 is 0 Å². The largest absolute Gasteiger partial charge is 0.416 e. The maximum atomic E-state index is 12.8. The van der Waals surface area contributed by atoms with Crippen molar-refractivity contribution in [3.63, 3.8) is 0 Å². The second kappa shape index (κ2) is 8.06. The Kier molecular flexibility index (Phi) is 5.74. The van der Waals surface area contributed by atoms with E-state index in [4.69, 9.17) is 11.6 Å². The lowest BCUT2D eigenvalue weighted by Crippen LogP contribution is -2.26. The molecule has 146 valence electrons. The normalized spacial score (nSPS) is 14.1. The molecule has 2 aromatic rings. The van der Waals surface area contributed by atoms with Crippen LogP contribution in [-0.2, 0) is 11.0 Å². The summed E-state index contributed by atoms with van der Waals surface area (Å²) in [4.78, 5) is 24.4. The molecule has 1 aliphatic carbocycles. The standard InChI is InChI=1S/C20H16ClF3N2O2/c21-16-9-6-13(20(22,23)24)11-12(16)5-10-18(27)26-17-4-2-1-3-15(17)19(28)25-14-7-8-14/h1-6,9-11,14H,7-8H2,(H,25,28)(H,26,27)/b10-5+. The van der Waals surface area contributed by atoms with E-state index in [9.17, 15) is 22.8 Å². The summed E-state index contributed by atoms with van der Waals surface area (Å²) in [5.41, 5.74) is -0.177. The minimum absolute atomic E-state index is 0.0615. The van der Waals surface area contributed by atoms with Crippen LogP contribution in [-0.4, -0.2) is 17.9 Å². The Morgan fingerprint density at radius 3 is 2.50 bits per heavy atom. The molecule has 1 aliphatic rings. The minimum Gasteiger partial charge on any atom is -0.349 e. The third-order valence-corrected chi connectivity index (χ3v) is 4.42. The number of halogens is 4. The van der Waals surface area contributed by atoms with Crippen LogP contribution < -0.4 is 10.6 Å². The van der Waals surface area contributed by atoms with Gasteiger partial charge in [0.25, 0.3) is 5.91 Å². The second-order valence-electron chi connectivity index (χ2n) is 6.35. The van der Waals surface area contributed by atoms with Gasteiger partial charge in [-0.25, -0.2) is 0 Å². The highest BCUT2D eigenvalue weighted by atomic mass is 35.5. The summed E-state index contributed by atoms with van der Waals surface area (Å²) >= 11 is 5.91. The fourth-order valence-electron chi connectivity index (χ4n) is 2.47. The number of amides is 2. The average Bonchev–Trinajstić information content (AvgIpc) is 3.44. The predicted octanol–water partition coefficient (Wildman–Crippen LogP) is 4.90. The second-order valence-corrected chi connectivity index (χ2v) is 6.76. The molecule has 0 atom stereocenters. The van der Waals surface area contributed by atoms with Crippen molar-refractivity contribution < 1.29 is 22.8 Å². The molecule has 8 heteroatoms. The quantitative estimate of drug-likeness (QED) is 0.691. The van der Waals surface area contributed by atoms with Crippen LogP contribution in [0.1, 0.15) is 34.3 Å². The maximum Gasteiger partial charge on any atom is 0.416 e. The molecule has 0 heterocycles. The van der Waals surface area contributed by atoms with E-state index in [1.165, 1.54) is 6.08 Å². The van der Waals surface area contributed by atoms with Crippen molar-refractivity contribution in [2.75, 3.05) is 5.32 Å². The van der Waals surface area contributed by atoms with Gasteiger partial charge in [0.1, 0.15) is 0 Å². The lowest BCUT2D eigenvalue weighted by molar-refractivity contribution is -0.137. The summed E-state index contributed by atoms with van der Waals surface area (Å²) in [7, 11) is 0. The average molecular weight is 409 g/mol. The molecule has 28 heavy (non-hydrogen) atoms. The van der Waals surface area contributed by atoms with Crippen LogP contribution in [0.5, 0.6) is 0 Å². The van der Waals surface area contributed by atoms with Crippen molar-refractivity contribution in [2.45, 2.75) is 25.1 Å². The first-order valence-corrected chi connectivity index (χ1v) is 8.87. The Bertz CT molecular complexity index is 937. The van der Waals surface area contributed by atoms with Crippen LogP contribution in [0.25, 0.3) is 6.08 Å². The smallest absolute Gasteiger partial charge is 0.349 e. The molecule has 1 fully saturated rings. The molecule has 2 amide bonds. The summed E-state index contributed by atoms with van der Waals surface area (Å²) in [5, 5.41) is 5.49. The first kappa shape index (κ1) is 19.9. The lowest BCUT2D eigenvalue weighted by atomic mass is 10.1. The molecule has 1 saturated carbocycles. The van der Waals surface area contributed by atoms with Gasteiger partial charge in [-0.15, -0.1) is 0 Å². The van der Waals surface area contributed by atoms with E-state index in [0.717, 1.165) is 37.1 Å². The van der Waals surface area contributed by atoms with E-state index in [-0.39, 0.29) is 22.5 Å². The van der Waals surface area contributed by atoms with Crippen molar-refractivity contribution >= 4 is 35.2 Å². The van der Waals surface area contributed by atoms with Crippen molar-refractivity contribution in [3.05, 3.63) is 70.3 Å². The summed E-state index contributed by atoms with van der Waals surface area (Å²) in [6, 6.07) is 9.52. The SMILES string of the molecule is O=C(/C=C/c1cc(C(F)(F)F)ccc1Cl)Nc1ccccc1C(=O)NC1CC1. The van der Waals surface area contributed by atoms with Gasteiger partial charge >= 0.3 is 6.18 Å². The zero-order valence-corrected chi connectivity index (χ0v) is 15.3. The fourth-order valence-corrected chi connectivity index (χ4v) is 2.65. The molecular weight excluding hydrogens is 393 g/mol. The number of carbonyl (C=O) groups is 2. The van der Waals surface area contributed by atoms with Gasteiger partial charge in [0.15, 0.2) is 0 Å². The van der Waals surface area contributed by atoms with Crippen LogP contribution in [0.4, 0.5) is 18.9 Å². The molecule has 0 bridgehead atoms. The number of hydrogen-bond acceptors (Lipinski definition) is 2. The Morgan fingerprint density at radius 1 is 1.11 bits per heavy atom. The van der Waals surface area contributed by atoms with Crippen LogP contribution >= 0.6 is 11.6 Å². The van der Waals surface area contributed by atoms with Crippen LogP contribution in [0.2, 0.25) is 5.02 Å². The summed E-state index contributed by atoms with van der Waals surface area (Å²) < 4.78 is 38.4. The van der Waals surface area contributed by atoms with Crippen LogP contribution in [0, 0.1) is 0 Å². The zero-order chi connectivity index (χ0) is 20.3. The molecule has 2 N–H and O–H groups in total. The van der Waals surface area contributed by atoms with Gasteiger partial charge in [0.2, 0.25) is 5.91 Å². The number of rotatable bonds is 5. The van der Waals surface area contributed by atoms with Crippen molar-refractivity contribution in [3.8, 4) is 0 Å². The van der Waals surface area contributed by atoms with Crippen molar-refractivity contribution in [2.24, 2.45) is 0 Å². The monoisotopic (exact) mass is 408 g/mol. The van der Waals surface area contributed by atoms with Crippen LogP contribution in [0.15, 0.2) is 48.5 Å². The Hall–Kier alpha value is -2.80. The topological polar surface area (TPSA) is 58.2 Å². The molecule has 0 saturated heterocycles. The number of hydrogen-bond donors (Lipinski definition) is 2. The third-order valence-electron chi connectivity index (χ3n) is 4.08. The van der Waals surface area contributed by atoms with Gasteiger partial charge in [-0.05, 0) is 54.8 Å². The van der Waals surface area contributed by atoms with Gasteiger partial charge in [-0.1, -0.05) is 23.7 Å². The fraction of sp³-hybridized carbons (Fsp3) is 0.200. The molecule has 0 unspecified atom stereocenters. The van der Waals surface area contributed by atoms with Crippen LogP contribution in [0.3, 0.4) is 0 Å². The summed E-state index contributed by atoms with van der Waals surface area (Å²) in [6.07, 6.45) is -0.387. The molecular formula is C20H16ClF3N2O2. The highest BCUT2D eigenvalue weighted by molar-refractivity contribution is 6.32. The van der Waals surface area contributed by atoms with E-state index in [1.807, 2.05) is 0 Å². The Morgan fingerprint density at radius 2 is 1.82 bits per heavy atom. The minimum atomic E-state index is -4.51. The van der Waals surface area contributed by atoms with Gasteiger partial charge < -0.3 is 10.6 Å². The van der Waals surface area contributed by atoms with Gasteiger partial charge in [0, 0.05) is 17.1 Å². The Balaban J connectivity index is 1.73. The number of anilines is 1. The van der Waals surface area contributed by atoms with E-state index in [1.54, 1.807) is 24.3 Å². The number of nitrogens with one attached hydrogen (secondary N) is 2. The maximum absolute atomic E-state index is 12.8.